The van der Waals surface area contributed by atoms with Gasteiger partial charge in [-0.25, -0.2) is 0 Å². The number of likely N-dealkylation sites (N-methyl/N-ethyl adjacent to an activating group) is 1. The number of rotatable bonds is 5. The highest BCUT2D eigenvalue weighted by Crippen LogP contribution is 2.22. The fourth-order valence-electron chi connectivity index (χ4n) is 1.52. The molecular formula is C11H17N3O2. The van der Waals surface area contributed by atoms with E-state index < -0.39 is 0 Å². The molecule has 1 rings (SSSR count). The predicted molar refractivity (Wildman–Crippen MR) is 62.9 cm³/mol. The Morgan fingerprint density at radius 3 is 2.69 bits per heavy atom. The quantitative estimate of drug-likeness (QED) is 0.698. The highest BCUT2D eigenvalue weighted by molar-refractivity contribution is 5.75. The van der Waals surface area contributed by atoms with Gasteiger partial charge in [0.25, 0.3) is 0 Å². The first kappa shape index (κ1) is 12.3. The summed E-state index contributed by atoms with van der Waals surface area (Å²) in [6.07, 6.45) is 0. The van der Waals surface area contributed by atoms with Crippen LogP contribution in [0, 0.1) is 0 Å². The van der Waals surface area contributed by atoms with E-state index in [1.165, 1.54) is 0 Å². The van der Waals surface area contributed by atoms with Crippen LogP contribution in [0.1, 0.15) is 5.56 Å². The van der Waals surface area contributed by atoms with Crippen LogP contribution in [0.5, 0.6) is 5.75 Å². The van der Waals surface area contributed by atoms with Crippen LogP contribution in [-0.2, 0) is 11.3 Å². The first-order valence-corrected chi connectivity index (χ1v) is 4.92. The highest BCUT2D eigenvalue weighted by atomic mass is 16.5. The number of nitrogen functional groups attached to an aromatic ring is 1. The molecule has 0 saturated heterocycles. The molecule has 1 aromatic rings. The topological polar surface area (TPSA) is 81.6 Å². The number of hydrogen-bond donors (Lipinski definition) is 2. The molecule has 0 aliphatic heterocycles. The average Bonchev–Trinajstić information content (AvgIpc) is 2.16. The molecule has 1 amide bonds. The SMILES string of the molecule is COc1ccc(CN(C)CC(N)=O)cc1N. The monoisotopic (exact) mass is 223 g/mol. The Balaban J connectivity index is 2.67. The number of primary amides is 1. The largest absolute Gasteiger partial charge is 0.495 e. The van der Waals surface area contributed by atoms with Gasteiger partial charge >= 0.3 is 0 Å². The van der Waals surface area contributed by atoms with Crippen LogP contribution in [0.25, 0.3) is 0 Å². The second-order valence-electron chi connectivity index (χ2n) is 3.71. The van der Waals surface area contributed by atoms with E-state index in [1.54, 1.807) is 7.11 Å². The number of hydrogen-bond acceptors (Lipinski definition) is 4. The summed E-state index contributed by atoms with van der Waals surface area (Å²) in [5.41, 5.74) is 12.5. The van der Waals surface area contributed by atoms with Crippen LogP contribution < -0.4 is 16.2 Å². The van der Waals surface area contributed by atoms with Crippen LogP contribution in [0.2, 0.25) is 0 Å². The van der Waals surface area contributed by atoms with E-state index in [9.17, 15) is 4.79 Å². The first-order chi connectivity index (χ1) is 7.52. The van der Waals surface area contributed by atoms with Crippen LogP contribution in [0.15, 0.2) is 18.2 Å². The number of amides is 1. The summed E-state index contributed by atoms with van der Waals surface area (Å²) in [6.45, 7) is 0.850. The number of methoxy groups -OCH3 is 1. The van der Waals surface area contributed by atoms with Crippen molar-refractivity contribution in [2.75, 3.05) is 26.4 Å². The molecule has 0 saturated carbocycles. The van der Waals surface area contributed by atoms with Crippen molar-refractivity contribution < 1.29 is 9.53 Å². The van der Waals surface area contributed by atoms with E-state index in [0.29, 0.717) is 18.0 Å². The first-order valence-electron chi connectivity index (χ1n) is 4.92. The molecule has 1 aromatic carbocycles. The molecule has 0 unspecified atom stereocenters. The second-order valence-corrected chi connectivity index (χ2v) is 3.71. The van der Waals surface area contributed by atoms with Gasteiger partial charge in [0.15, 0.2) is 0 Å². The van der Waals surface area contributed by atoms with Gasteiger partial charge in [0, 0.05) is 6.54 Å². The van der Waals surface area contributed by atoms with E-state index in [0.717, 1.165) is 5.56 Å². The van der Waals surface area contributed by atoms with Crippen molar-refractivity contribution in [1.82, 2.24) is 4.90 Å². The maximum absolute atomic E-state index is 10.7. The van der Waals surface area contributed by atoms with Crippen molar-refractivity contribution in [3.63, 3.8) is 0 Å². The summed E-state index contributed by atoms with van der Waals surface area (Å²) in [4.78, 5) is 12.5. The van der Waals surface area contributed by atoms with E-state index >= 15 is 0 Å². The lowest BCUT2D eigenvalue weighted by molar-refractivity contribution is -0.118. The molecule has 0 radical (unpaired) electrons. The van der Waals surface area contributed by atoms with Crippen LogP contribution in [0.4, 0.5) is 5.69 Å². The van der Waals surface area contributed by atoms with E-state index in [-0.39, 0.29) is 12.5 Å². The van der Waals surface area contributed by atoms with Crippen LogP contribution in [-0.4, -0.2) is 31.5 Å². The molecule has 0 aliphatic carbocycles. The third-order valence-electron chi connectivity index (χ3n) is 2.17. The zero-order valence-corrected chi connectivity index (χ0v) is 9.56. The lowest BCUT2D eigenvalue weighted by atomic mass is 10.2. The second kappa shape index (κ2) is 5.37. The lowest BCUT2D eigenvalue weighted by Gasteiger charge is -2.15. The number of benzene rings is 1. The Labute approximate surface area is 95.0 Å². The number of ether oxygens (including phenoxy) is 1. The van der Waals surface area contributed by atoms with Gasteiger partial charge in [0.05, 0.1) is 19.3 Å². The lowest BCUT2D eigenvalue weighted by Crippen LogP contribution is -2.30. The standard InChI is InChI=1S/C11H17N3O2/c1-14(7-11(13)15)6-8-3-4-10(16-2)9(12)5-8/h3-5H,6-7,12H2,1-2H3,(H2,13,15). The molecular weight excluding hydrogens is 206 g/mol. The molecule has 16 heavy (non-hydrogen) atoms. The number of carbonyl (C=O) groups is 1. The molecule has 0 aliphatic rings. The summed E-state index contributed by atoms with van der Waals surface area (Å²) in [5.74, 6) is 0.310. The van der Waals surface area contributed by atoms with Crippen LogP contribution >= 0.6 is 0 Å². The number of anilines is 1. The fourth-order valence-corrected chi connectivity index (χ4v) is 1.52. The molecule has 0 fully saturated rings. The summed E-state index contributed by atoms with van der Waals surface area (Å²) in [5, 5.41) is 0. The summed E-state index contributed by atoms with van der Waals surface area (Å²) in [7, 11) is 3.40. The molecule has 0 heterocycles. The Morgan fingerprint density at radius 2 is 2.19 bits per heavy atom. The molecule has 5 heteroatoms. The fraction of sp³-hybridized carbons (Fsp3) is 0.364. The van der Waals surface area contributed by atoms with E-state index in [1.807, 2.05) is 30.1 Å². The van der Waals surface area contributed by atoms with Crippen molar-refractivity contribution >= 4 is 11.6 Å². The average molecular weight is 223 g/mol. The van der Waals surface area contributed by atoms with Gasteiger partial charge < -0.3 is 16.2 Å². The third-order valence-corrected chi connectivity index (χ3v) is 2.17. The van der Waals surface area contributed by atoms with E-state index in [4.69, 9.17) is 16.2 Å². The normalized spacial score (nSPS) is 10.4. The number of carbonyl (C=O) groups excluding carboxylic acids is 1. The van der Waals surface area contributed by atoms with Crippen LogP contribution in [0.3, 0.4) is 0 Å². The minimum absolute atomic E-state index is 0.228. The zero-order chi connectivity index (χ0) is 12.1. The maximum atomic E-state index is 10.7. The molecule has 0 aromatic heterocycles. The van der Waals surface area contributed by atoms with E-state index in [2.05, 4.69) is 0 Å². The van der Waals surface area contributed by atoms with Gasteiger partial charge in [0.2, 0.25) is 5.91 Å². The Morgan fingerprint density at radius 1 is 1.50 bits per heavy atom. The highest BCUT2D eigenvalue weighted by Gasteiger charge is 2.05. The predicted octanol–water partition coefficient (Wildman–Crippen LogP) is 0.195. The summed E-state index contributed by atoms with van der Waals surface area (Å²) < 4.78 is 5.06. The van der Waals surface area contributed by atoms with Gasteiger partial charge in [-0.2, -0.15) is 0 Å². The van der Waals surface area contributed by atoms with Gasteiger partial charge in [-0.1, -0.05) is 6.07 Å². The van der Waals surface area contributed by atoms with Gasteiger partial charge in [-0.15, -0.1) is 0 Å². The van der Waals surface area contributed by atoms with Crippen molar-refractivity contribution in [3.05, 3.63) is 23.8 Å². The van der Waals surface area contributed by atoms with Gasteiger partial charge in [0.1, 0.15) is 5.75 Å². The smallest absolute Gasteiger partial charge is 0.231 e. The maximum Gasteiger partial charge on any atom is 0.231 e. The minimum atomic E-state index is -0.344. The Hall–Kier alpha value is -1.75. The zero-order valence-electron chi connectivity index (χ0n) is 9.56. The third kappa shape index (κ3) is 3.43. The molecule has 88 valence electrons. The van der Waals surface area contributed by atoms with Gasteiger partial charge in [-0.3, -0.25) is 9.69 Å². The van der Waals surface area contributed by atoms with Crippen molar-refractivity contribution in [2.24, 2.45) is 5.73 Å². The molecule has 0 spiro atoms. The van der Waals surface area contributed by atoms with Crippen molar-refractivity contribution in [2.45, 2.75) is 6.54 Å². The summed E-state index contributed by atoms with van der Waals surface area (Å²) >= 11 is 0. The molecule has 4 N–H and O–H groups in total. The van der Waals surface area contributed by atoms with Crippen molar-refractivity contribution in [1.29, 1.82) is 0 Å². The Kier molecular flexibility index (Phi) is 4.13. The van der Waals surface area contributed by atoms with Gasteiger partial charge in [-0.05, 0) is 24.7 Å². The number of nitrogens with zero attached hydrogens (tertiary/aromatic N) is 1. The molecule has 0 atom stereocenters. The molecule has 0 bridgehead atoms. The Bertz CT molecular complexity index is 379. The molecule has 5 nitrogen and oxygen atoms in total. The van der Waals surface area contributed by atoms with Crippen molar-refractivity contribution in [3.8, 4) is 5.75 Å². The summed E-state index contributed by atoms with van der Waals surface area (Å²) in [6, 6.07) is 5.55. The number of nitrogens with two attached hydrogens (primary N) is 2. The minimum Gasteiger partial charge on any atom is -0.495 e.